The van der Waals surface area contributed by atoms with E-state index in [0.29, 0.717) is 0 Å². The summed E-state index contributed by atoms with van der Waals surface area (Å²) in [4.78, 5) is 2.37. The smallest absolute Gasteiger partial charge is 0.143 e. The second kappa shape index (κ2) is 13.4. The standard InChI is InChI=1S/C52H35NO/c1-3-13-36(14-4-1)41-18-11-19-42(35-41)37-25-30-43(31-26-37)53(49-23-10-9-20-45(49)38-15-5-2-6-16-38)44-32-27-40(28-33-44)46-22-12-24-50-51(46)48-34-29-39-17-7-8-21-47(39)52(48)54-50/h1-35H. The number of rotatable bonds is 7. The van der Waals surface area contributed by atoms with E-state index in [4.69, 9.17) is 4.42 Å². The number of para-hydroxylation sites is 1. The predicted octanol–water partition coefficient (Wildman–Crippen LogP) is 14.9. The molecule has 0 spiro atoms. The zero-order valence-corrected chi connectivity index (χ0v) is 29.6. The number of hydrogen-bond acceptors (Lipinski definition) is 2. The van der Waals surface area contributed by atoms with Crippen molar-refractivity contribution in [2.75, 3.05) is 4.90 Å². The summed E-state index contributed by atoms with van der Waals surface area (Å²) in [7, 11) is 0. The highest BCUT2D eigenvalue weighted by Gasteiger charge is 2.19. The topological polar surface area (TPSA) is 16.4 Å². The minimum atomic E-state index is 0.899. The Bertz CT molecular complexity index is 2910. The molecule has 0 aliphatic carbocycles. The molecule has 10 rings (SSSR count). The van der Waals surface area contributed by atoms with Crippen molar-refractivity contribution < 1.29 is 4.42 Å². The minimum absolute atomic E-state index is 0.899. The van der Waals surface area contributed by atoms with Gasteiger partial charge in [-0.25, -0.2) is 0 Å². The molecular formula is C52H35NO. The van der Waals surface area contributed by atoms with Gasteiger partial charge in [0.2, 0.25) is 0 Å². The third-order valence-corrected chi connectivity index (χ3v) is 10.5. The van der Waals surface area contributed by atoms with Gasteiger partial charge in [-0.1, -0.05) is 164 Å². The Kier molecular flexibility index (Phi) is 7.85. The first-order valence-corrected chi connectivity index (χ1v) is 18.4. The van der Waals surface area contributed by atoms with Gasteiger partial charge in [0.15, 0.2) is 0 Å². The van der Waals surface area contributed by atoms with Crippen LogP contribution in [0.25, 0.3) is 77.2 Å². The van der Waals surface area contributed by atoms with Crippen molar-refractivity contribution in [1.29, 1.82) is 0 Å². The fourth-order valence-electron chi connectivity index (χ4n) is 7.85. The second-order valence-corrected chi connectivity index (χ2v) is 13.7. The molecule has 0 radical (unpaired) electrons. The largest absolute Gasteiger partial charge is 0.455 e. The van der Waals surface area contributed by atoms with Gasteiger partial charge in [0.1, 0.15) is 11.2 Å². The molecule has 0 saturated carbocycles. The maximum atomic E-state index is 6.52. The van der Waals surface area contributed by atoms with Crippen LogP contribution in [0.4, 0.5) is 17.1 Å². The van der Waals surface area contributed by atoms with Gasteiger partial charge >= 0.3 is 0 Å². The fourth-order valence-corrected chi connectivity index (χ4v) is 7.85. The highest BCUT2D eigenvalue weighted by atomic mass is 16.3. The molecule has 0 fully saturated rings. The van der Waals surface area contributed by atoms with Crippen LogP contribution in [0.3, 0.4) is 0 Å². The van der Waals surface area contributed by atoms with Crippen LogP contribution in [0.2, 0.25) is 0 Å². The van der Waals surface area contributed by atoms with Gasteiger partial charge in [-0.2, -0.15) is 0 Å². The average Bonchev–Trinajstić information content (AvgIpc) is 3.65. The van der Waals surface area contributed by atoms with Crippen molar-refractivity contribution >= 4 is 49.8 Å². The predicted molar refractivity (Wildman–Crippen MR) is 228 cm³/mol. The molecule has 2 nitrogen and oxygen atoms in total. The van der Waals surface area contributed by atoms with E-state index in [1.54, 1.807) is 0 Å². The number of furan rings is 1. The first kappa shape index (κ1) is 31.6. The van der Waals surface area contributed by atoms with Gasteiger partial charge in [-0.3, -0.25) is 0 Å². The van der Waals surface area contributed by atoms with E-state index in [1.165, 1.54) is 38.8 Å². The summed E-state index contributed by atoms with van der Waals surface area (Å²) in [6.07, 6.45) is 0. The molecule has 254 valence electrons. The molecule has 0 saturated heterocycles. The number of hydrogen-bond donors (Lipinski definition) is 0. The fraction of sp³-hybridized carbons (Fsp3) is 0. The van der Waals surface area contributed by atoms with Crippen LogP contribution < -0.4 is 4.90 Å². The maximum Gasteiger partial charge on any atom is 0.143 e. The lowest BCUT2D eigenvalue weighted by atomic mass is 9.97. The summed E-state index contributed by atoms with van der Waals surface area (Å²) < 4.78 is 6.52. The molecule has 0 amide bonds. The Morgan fingerprint density at radius 2 is 0.870 bits per heavy atom. The summed E-state index contributed by atoms with van der Waals surface area (Å²) in [5.41, 5.74) is 14.6. The van der Waals surface area contributed by atoms with E-state index < -0.39 is 0 Å². The Hall–Kier alpha value is -7.16. The van der Waals surface area contributed by atoms with Crippen molar-refractivity contribution in [2.45, 2.75) is 0 Å². The zero-order chi connectivity index (χ0) is 35.8. The number of anilines is 3. The van der Waals surface area contributed by atoms with Crippen molar-refractivity contribution in [3.05, 3.63) is 212 Å². The molecule has 0 unspecified atom stereocenters. The summed E-state index contributed by atoms with van der Waals surface area (Å²) >= 11 is 0. The maximum absolute atomic E-state index is 6.52. The van der Waals surface area contributed by atoms with Crippen LogP contribution in [0.15, 0.2) is 217 Å². The Labute approximate surface area is 314 Å². The van der Waals surface area contributed by atoms with Crippen LogP contribution in [0.5, 0.6) is 0 Å². The number of fused-ring (bicyclic) bond motifs is 5. The molecule has 54 heavy (non-hydrogen) atoms. The van der Waals surface area contributed by atoms with Gasteiger partial charge in [-0.15, -0.1) is 0 Å². The zero-order valence-electron chi connectivity index (χ0n) is 29.6. The van der Waals surface area contributed by atoms with Gasteiger partial charge in [0.25, 0.3) is 0 Å². The Morgan fingerprint density at radius 3 is 1.61 bits per heavy atom. The molecule has 0 aliphatic heterocycles. The lowest BCUT2D eigenvalue weighted by Crippen LogP contribution is -2.11. The molecule has 1 heterocycles. The summed E-state index contributed by atoms with van der Waals surface area (Å²) in [6.45, 7) is 0. The summed E-state index contributed by atoms with van der Waals surface area (Å²) in [5.74, 6) is 0. The van der Waals surface area contributed by atoms with E-state index in [1.807, 2.05) is 0 Å². The average molecular weight is 690 g/mol. The monoisotopic (exact) mass is 689 g/mol. The Morgan fingerprint density at radius 1 is 0.333 bits per heavy atom. The van der Waals surface area contributed by atoms with E-state index in [0.717, 1.165) is 55.5 Å². The van der Waals surface area contributed by atoms with Gasteiger partial charge < -0.3 is 9.32 Å². The van der Waals surface area contributed by atoms with Crippen LogP contribution in [-0.2, 0) is 0 Å². The van der Waals surface area contributed by atoms with Crippen molar-refractivity contribution in [2.24, 2.45) is 0 Å². The number of nitrogens with zero attached hydrogens (tertiary/aromatic N) is 1. The summed E-state index contributed by atoms with van der Waals surface area (Å²) in [6, 6.07) is 75.8. The molecule has 1 aromatic heterocycles. The third-order valence-electron chi connectivity index (χ3n) is 10.5. The first-order chi connectivity index (χ1) is 26.8. The van der Waals surface area contributed by atoms with Gasteiger partial charge in [0, 0.05) is 33.1 Å². The third kappa shape index (κ3) is 5.62. The lowest BCUT2D eigenvalue weighted by Gasteiger charge is -2.28. The van der Waals surface area contributed by atoms with E-state index in [2.05, 4.69) is 217 Å². The molecule has 10 aromatic rings. The molecule has 0 aliphatic rings. The molecule has 0 atom stereocenters. The van der Waals surface area contributed by atoms with Crippen LogP contribution >= 0.6 is 0 Å². The summed E-state index contributed by atoms with van der Waals surface area (Å²) in [5, 5.41) is 4.59. The van der Waals surface area contributed by atoms with Crippen molar-refractivity contribution in [1.82, 2.24) is 0 Å². The van der Waals surface area contributed by atoms with Crippen LogP contribution in [0, 0.1) is 0 Å². The van der Waals surface area contributed by atoms with Crippen molar-refractivity contribution in [3.63, 3.8) is 0 Å². The highest BCUT2D eigenvalue weighted by molar-refractivity contribution is 6.19. The van der Waals surface area contributed by atoms with Crippen molar-refractivity contribution in [3.8, 4) is 44.5 Å². The highest BCUT2D eigenvalue weighted by Crippen LogP contribution is 2.43. The Balaban J connectivity index is 1.08. The number of benzene rings is 9. The quantitative estimate of drug-likeness (QED) is 0.166. The molecular weight excluding hydrogens is 655 g/mol. The SMILES string of the molecule is c1ccc(-c2cccc(-c3ccc(N(c4ccc(-c5cccc6oc7c8ccccc8ccc7c56)cc4)c4ccccc4-c4ccccc4)cc3)c2)cc1. The molecule has 9 aromatic carbocycles. The molecule has 0 N–H and O–H groups in total. The van der Waals surface area contributed by atoms with Crippen LogP contribution in [0.1, 0.15) is 0 Å². The van der Waals surface area contributed by atoms with E-state index >= 15 is 0 Å². The van der Waals surface area contributed by atoms with E-state index in [9.17, 15) is 0 Å². The second-order valence-electron chi connectivity index (χ2n) is 13.7. The molecule has 0 bridgehead atoms. The van der Waals surface area contributed by atoms with Gasteiger partial charge in [-0.05, 0) is 92.9 Å². The lowest BCUT2D eigenvalue weighted by molar-refractivity contribution is 0.673. The first-order valence-electron chi connectivity index (χ1n) is 18.4. The van der Waals surface area contributed by atoms with Crippen LogP contribution in [-0.4, -0.2) is 0 Å². The van der Waals surface area contributed by atoms with Gasteiger partial charge in [0.05, 0.1) is 5.69 Å². The molecule has 2 heteroatoms. The minimum Gasteiger partial charge on any atom is -0.455 e. The normalized spacial score (nSPS) is 11.3. The van der Waals surface area contributed by atoms with E-state index in [-0.39, 0.29) is 0 Å².